The third-order valence-electron chi connectivity index (χ3n) is 4.80. The van der Waals surface area contributed by atoms with Gasteiger partial charge in [-0.25, -0.2) is 0 Å². The van der Waals surface area contributed by atoms with E-state index in [2.05, 4.69) is 59.6 Å². The average Bonchev–Trinajstić information content (AvgIpc) is 3.08. The molecule has 29 heavy (non-hydrogen) atoms. The number of allylic oxidation sites excluding steroid dienone is 1. The highest BCUT2D eigenvalue weighted by Crippen LogP contribution is 2.20. The highest BCUT2D eigenvalue weighted by molar-refractivity contribution is 7.99. The van der Waals surface area contributed by atoms with Crippen molar-refractivity contribution in [3.8, 4) is 0 Å². The first-order valence-electron chi connectivity index (χ1n) is 10.6. The number of aromatic nitrogens is 3. The second kappa shape index (κ2) is 12.5. The third-order valence-corrected chi connectivity index (χ3v) is 5.77. The van der Waals surface area contributed by atoms with Gasteiger partial charge in [-0.1, -0.05) is 76.4 Å². The van der Waals surface area contributed by atoms with Crippen molar-refractivity contribution in [1.82, 2.24) is 14.8 Å². The zero-order chi connectivity index (χ0) is 21.1. The number of thioether (sulfide) groups is 1. The number of nitrogens with one attached hydrogen (secondary N) is 1. The Kier molecular flexibility index (Phi) is 9.98. The summed E-state index contributed by atoms with van der Waals surface area (Å²) in [5, 5.41) is 12.4. The molecule has 0 radical (unpaired) electrons. The van der Waals surface area contributed by atoms with Gasteiger partial charge in [-0.15, -0.1) is 16.8 Å². The summed E-state index contributed by atoms with van der Waals surface area (Å²) in [6, 6.07) is 8.02. The molecule has 0 saturated carbocycles. The van der Waals surface area contributed by atoms with Gasteiger partial charge in [0, 0.05) is 18.7 Å². The molecule has 0 aliphatic heterocycles. The van der Waals surface area contributed by atoms with Crippen molar-refractivity contribution in [2.75, 3.05) is 11.1 Å². The molecule has 0 unspecified atom stereocenters. The van der Waals surface area contributed by atoms with Crippen molar-refractivity contribution in [3.05, 3.63) is 48.3 Å². The van der Waals surface area contributed by atoms with Gasteiger partial charge in [-0.2, -0.15) is 0 Å². The number of rotatable bonds is 13. The Labute approximate surface area is 179 Å². The minimum Gasteiger partial charge on any atom is -0.325 e. The van der Waals surface area contributed by atoms with Crippen molar-refractivity contribution in [1.29, 1.82) is 0 Å². The Hall–Kier alpha value is -2.08. The number of carbonyl (C=O) groups is 1. The van der Waals surface area contributed by atoms with E-state index in [0.29, 0.717) is 18.2 Å². The standard InChI is InChI=1S/C23H34N4OS/c1-5-7-8-9-10-11-21-25-26-23(27(21)16-6-2)29-17-22(28)24-20-14-12-19(13-15-20)18(3)4/h6,12-15,18H,2,5,7-11,16-17H2,1,3-4H3,(H,24,28). The number of hydrogen-bond acceptors (Lipinski definition) is 4. The maximum atomic E-state index is 12.3. The van der Waals surface area contributed by atoms with Crippen LogP contribution in [-0.4, -0.2) is 26.4 Å². The monoisotopic (exact) mass is 414 g/mol. The topological polar surface area (TPSA) is 59.8 Å². The molecule has 2 aromatic rings. The summed E-state index contributed by atoms with van der Waals surface area (Å²) in [4.78, 5) is 12.3. The molecule has 0 atom stereocenters. The second-order valence-corrected chi connectivity index (χ2v) is 8.52. The lowest BCUT2D eigenvalue weighted by Crippen LogP contribution is -2.15. The SMILES string of the molecule is C=CCn1c(CCCCCCC)nnc1SCC(=O)Nc1ccc(C(C)C)cc1. The number of hydrogen-bond donors (Lipinski definition) is 1. The largest absolute Gasteiger partial charge is 0.325 e. The summed E-state index contributed by atoms with van der Waals surface area (Å²) < 4.78 is 2.07. The molecule has 158 valence electrons. The molecule has 0 fully saturated rings. The fourth-order valence-corrected chi connectivity index (χ4v) is 3.86. The highest BCUT2D eigenvalue weighted by Gasteiger charge is 2.13. The first-order valence-corrected chi connectivity index (χ1v) is 11.6. The summed E-state index contributed by atoms with van der Waals surface area (Å²) in [7, 11) is 0. The molecular formula is C23H34N4OS. The smallest absolute Gasteiger partial charge is 0.234 e. The van der Waals surface area contributed by atoms with Gasteiger partial charge < -0.3 is 9.88 Å². The van der Waals surface area contributed by atoms with Crippen LogP contribution in [0.3, 0.4) is 0 Å². The van der Waals surface area contributed by atoms with Crippen molar-refractivity contribution in [2.45, 2.75) is 76.9 Å². The van der Waals surface area contributed by atoms with Crippen molar-refractivity contribution in [3.63, 3.8) is 0 Å². The van der Waals surface area contributed by atoms with E-state index in [0.717, 1.165) is 29.5 Å². The van der Waals surface area contributed by atoms with E-state index in [1.54, 1.807) is 0 Å². The number of nitrogens with zero attached hydrogens (tertiary/aromatic N) is 3. The minimum atomic E-state index is -0.0402. The van der Waals surface area contributed by atoms with Crippen molar-refractivity contribution < 1.29 is 4.79 Å². The number of aryl methyl sites for hydroxylation is 1. The zero-order valence-corrected chi connectivity index (χ0v) is 18.8. The first-order chi connectivity index (χ1) is 14.0. The highest BCUT2D eigenvalue weighted by atomic mass is 32.2. The lowest BCUT2D eigenvalue weighted by molar-refractivity contribution is -0.113. The zero-order valence-electron chi connectivity index (χ0n) is 18.0. The van der Waals surface area contributed by atoms with E-state index in [9.17, 15) is 4.79 Å². The summed E-state index contributed by atoms with van der Waals surface area (Å²) in [6.07, 6.45) is 8.91. The van der Waals surface area contributed by atoms with Crippen LogP contribution in [0, 0.1) is 0 Å². The number of unbranched alkanes of at least 4 members (excludes halogenated alkanes) is 4. The first kappa shape index (κ1) is 23.2. The van der Waals surface area contributed by atoms with Crippen LogP contribution in [-0.2, 0) is 17.8 Å². The summed E-state index contributed by atoms with van der Waals surface area (Å²) in [5.41, 5.74) is 2.08. The Bertz CT molecular complexity index is 768. The molecule has 1 aromatic carbocycles. The van der Waals surface area contributed by atoms with Gasteiger partial charge in [0.1, 0.15) is 5.82 Å². The minimum absolute atomic E-state index is 0.0402. The summed E-state index contributed by atoms with van der Waals surface area (Å²) in [5.74, 6) is 1.72. The summed E-state index contributed by atoms with van der Waals surface area (Å²) >= 11 is 1.42. The Balaban J connectivity index is 1.88. The van der Waals surface area contributed by atoms with E-state index in [-0.39, 0.29) is 5.91 Å². The molecule has 1 N–H and O–H groups in total. The van der Waals surface area contributed by atoms with Crippen LogP contribution in [0.25, 0.3) is 0 Å². The quantitative estimate of drug-likeness (QED) is 0.254. The van der Waals surface area contributed by atoms with Crippen molar-refractivity contribution >= 4 is 23.4 Å². The van der Waals surface area contributed by atoms with Crippen LogP contribution >= 0.6 is 11.8 Å². The van der Waals surface area contributed by atoms with Gasteiger partial charge in [0.15, 0.2) is 5.16 Å². The number of carbonyl (C=O) groups excluding carboxylic acids is 1. The molecule has 0 saturated heterocycles. The second-order valence-electron chi connectivity index (χ2n) is 7.58. The van der Waals surface area contributed by atoms with Gasteiger partial charge in [0.2, 0.25) is 5.91 Å². The van der Waals surface area contributed by atoms with Crippen molar-refractivity contribution in [2.24, 2.45) is 0 Å². The van der Waals surface area contributed by atoms with E-state index in [4.69, 9.17) is 0 Å². The van der Waals surface area contributed by atoms with E-state index in [1.807, 2.05) is 18.2 Å². The molecule has 0 aliphatic carbocycles. The van der Waals surface area contributed by atoms with Gasteiger partial charge in [-0.3, -0.25) is 4.79 Å². The van der Waals surface area contributed by atoms with Crippen LogP contribution in [0.2, 0.25) is 0 Å². The van der Waals surface area contributed by atoms with Gasteiger partial charge in [0.05, 0.1) is 5.75 Å². The van der Waals surface area contributed by atoms with E-state index < -0.39 is 0 Å². The van der Waals surface area contributed by atoms with Crippen LogP contribution in [0.15, 0.2) is 42.1 Å². The number of benzene rings is 1. The average molecular weight is 415 g/mol. The fraction of sp³-hybridized carbons (Fsp3) is 0.522. The van der Waals surface area contributed by atoms with Crippen LogP contribution in [0.4, 0.5) is 5.69 Å². The predicted octanol–water partition coefficient (Wildman–Crippen LogP) is 5.83. The Morgan fingerprint density at radius 1 is 1.17 bits per heavy atom. The molecule has 1 aromatic heterocycles. The third kappa shape index (κ3) is 7.69. The van der Waals surface area contributed by atoms with E-state index in [1.165, 1.54) is 43.0 Å². The molecule has 6 heteroatoms. The van der Waals surface area contributed by atoms with Gasteiger partial charge in [-0.05, 0) is 30.0 Å². The lowest BCUT2D eigenvalue weighted by atomic mass is 10.0. The van der Waals surface area contributed by atoms with Crippen LogP contribution in [0.1, 0.15) is 70.2 Å². The molecule has 0 aliphatic rings. The maximum Gasteiger partial charge on any atom is 0.234 e. The normalized spacial score (nSPS) is 11.0. The predicted molar refractivity (Wildman–Crippen MR) is 123 cm³/mol. The van der Waals surface area contributed by atoms with Crippen LogP contribution in [0.5, 0.6) is 0 Å². The molecular weight excluding hydrogens is 380 g/mol. The maximum absolute atomic E-state index is 12.3. The Morgan fingerprint density at radius 3 is 2.55 bits per heavy atom. The van der Waals surface area contributed by atoms with Gasteiger partial charge >= 0.3 is 0 Å². The molecule has 5 nitrogen and oxygen atoms in total. The lowest BCUT2D eigenvalue weighted by Gasteiger charge is -2.09. The summed E-state index contributed by atoms with van der Waals surface area (Å²) in [6.45, 7) is 11.0. The van der Waals surface area contributed by atoms with Gasteiger partial charge in [0.25, 0.3) is 0 Å². The number of anilines is 1. The Morgan fingerprint density at radius 2 is 1.90 bits per heavy atom. The van der Waals surface area contributed by atoms with E-state index >= 15 is 0 Å². The van der Waals surface area contributed by atoms with Crippen LogP contribution < -0.4 is 5.32 Å². The molecule has 0 spiro atoms. The molecule has 0 bridgehead atoms. The molecule has 1 heterocycles. The molecule has 1 amide bonds. The molecule has 2 rings (SSSR count). The number of amides is 1. The fourth-order valence-electron chi connectivity index (χ4n) is 3.09.